The van der Waals surface area contributed by atoms with Crippen LogP contribution >= 0.6 is 23.2 Å². The molecular formula is C19H13Cl2FN2O3S. The minimum Gasteiger partial charge on any atom is -0.321 e. The van der Waals surface area contributed by atoms with E-state index in [9.17, 15) is 17.6 Å². The second kappa shape index (κ2) is 8.18. The van der Waals surface area contributed by atoms with Crippen LogP contribution in [0.4, 0.5) is 15.8 Å². The van der Waals surface area contributed by atoms with Crippen molar-refractivity contribution in [2.45, 2.75) is 4.90 Å². The van der Waals surface area contributed by atoms with Crippen LogP contribution in [-0.4, -0.2) is 14.3 Å². The molecule has 0 aromatic heterocycles. The van der Waals surface area contributed by atoms with Gasteiger partial charge in [-0.05, 0) is 54.6 Å². The lowest BCUT2D eigenvalue weighted by molar-refractivity contribution is 0.102. The highest BCUT2D eigenvalue weighted by atomic mass is 35.5. The quantitative estimate of drug-likeness (QED) is 0.575. The summed E-state index contributed by atoms with van der Waals surface area (Å²) in [6.07, 6.45) is 0. The highest BCUT2D eigenvalue weighted by Gasteiger charge is 2.16. The van der Waals surface area contributed by atoms with E-state index in [2.05, 4.69) is 10.0 Å². The van der Waals surface area contributed by atoms with Gasteiger partial charge in [0.1, 0.15) is 5.82 Å². The second-order valence-electron chi connectivity index (χ2n) is 5.70. The molecule has 0 unspecified atom stereocenters. The largest absolute Gasteiger partial charge is 0.321 e. The molecule has 0 saturated heterocycles. The Balaban J connectivity index is 1.81. The van der Waals surface area contributed by atoms with Crippen LogP contribution in [0.5, 0.6) is 0 Å². The average Bonchev–Trinajstić information content (AvgIpc) is 2.65. The van der Waals surface area contributed by atoms with Crippen molar-refractivity contribution in [1.82, 2.24) is 0 Å². The molecule has 0 aliphatic rings. The lowest BCUT2D eigenvalue weighted by Crippen LogP contribution is -2.15. The van der Waals surface area contributed by atoms with Gasteiger partial charge in [0.05, 0.1) is 20.6 Å². The molecule has 0 saturated carbocycles. The molecule has 3 aromatic rings. The summed E-state index contributed by atoms with van der Waals surface area (Å²) in [6.45, 7) is 0. The van der Waals surface area contributed by atoms with E-state index in [1.807, 2.05) is 0 Å². The molecule has 5 nitrogen and oxygen atoms in total. The van der Waals surface area contributed by atoms with Gasteiger partial charge in [-0.1, -0.05) is 35.3 Å². The standard InChI is InChI=1S/C19H13Cl2FN2O3S/c20-16-5-2-6-17(18(16)21)23-19(25)12-3-1-4-14(11-12)24-28(26,27)15-9-7-13(22)8-10-15/h1-11,24H,(H,23,25). The predicted octanol–water partition coefficient (Wildman–Crippen LogP) is 5.19. The van der Waals surface area contributed by atoms with Crippen LogP contribution in [0.25, 0.3) is 0 Å². The Hall–Kier alpha value is -2.61. The number of carbonyl (C=O) groups excluding carboxylic acids is 1. The maximum absolute atomic E-state index is 13.0. The van der Waals surface area contributed by atoms with Crippen molar-refractivity contribution in [2.24, 2.45) is 0 Å². The first-order valence-electron chi connectivity index (χ1n) is 7.90. The number of halogens is 3. The molecule has 3 rings (SSSR count). The summed E-state index contributed by atoms with van der Waals surface area (Å²) in [7, 11) is -3.93. The zero-order valence-corrected chi connectivity index (χ0v) is 16.4. The van der Waals surface area contributed by atoms with Crippen molar-refractivity contribution in [1.29, 1.82) is 0 Å². The molecule has 0 radical (unpaired) electrons. The lowest BCUT2D eigenvalue weighted by atomic mass is 10.2. The van der Waals surface area contributed by atoms with Gasteiger partial charge in [0.25, 0.3) is 15.9 Å². The van der Waals surface area contributed by atoms with E-state index in [1.54, 1.807) is 18.2 Å². The zero-order chi connectivity index (χ0) is 20.3. The zero-order valence-electron chi connectivity index (χ0n) is 14.1. The fourth-order valence-electron chi connectivity index (χ4n) is 2.35. The fourth-order valence-corrected chi connectivity index (χ4v) is 3.74. The summed E-state index contributed by atoms with van der Waals surface area (Å²) in [5.41, 5.74) is 0.709. The third kappa shape index (κ3) is 4.62. The number of amides is 1. The van der Waals surface area contributed by atoms with E-state index < -0.39 is 21.7 Å². The average molecular weight is 439 g/mol. The monoisotopic (exact) mass is 438 g/mol. The van der Waals surface area contributed by atoms with E-state index >= 15 is 0 Å². The molecule has 0 heterocycles. The minimum atomic E-state index is -3.93. The molecule has 0 spiro atoms. The van der Waals surface area contributed by atoms with Crippen LogP contribution in [0.2, 0.25) is 10.0 Å². The van der Waals surface area contributed by atoms with Crippen LogP contribution in [-0.2, 0) is 10.0 Å². The summed E-state index contributed by atoms with van der Waals surface area (Å²) in [4.78, 5) is 12.4. The summed E-state index contributed by atoms with van der Waals surface area (Å²) < 4.78 is 40.2. The highest BCUT2D eigenvalue weighted by Crippen LogP contribution is 2.30. The van der Waals surface area contributed by atoms with Crippen molar-refractivity contribution < 1.29 is 17.6 Å². The smallest absolute Gasteiger partial charge is 0.261 e. The molecule has 144 valence electrons. The first kappa shape index (κ1) is 20.1. The molecule has 28 heavy (non-hydrogen) atoms. The number of benzene rings is 3. The number of rotatable bonds is 5. The van der Waals surface area contributed by atoms with E-state index in [4.69, 9.17) is 23.2 Å². The van der Waals surface area contributed by atoms with Crippen LogP contribution in [0.3, 0.4) is 0 Å². The van der Waals surface area contributed by atoms with E-state index in [1.165, 1.54) is 24.3 Å². The summed E-state index contributed by atoms with van der Waals surface area (Å²) >= 11 is 12.0. The predicted molar refractivity (Wildman–Crippen MR) is 108 cm³/mol. The summed E-state index contributed by atoms with van der Waals surface area (Å²) in [5, 5.41) is 3.11. The Labute approximate surface area is 171 Å². The molecule has 0 bridgehead atoms. The number of sulfonamides is 1. The Bertz CT molecular complexity index is 1140. The molecule has 0 aliphatic carbocycles. The molecule has 1 amide bonds. The SMILES string of the molecule is O=C(Nc1cccc(Cl)c1Cl)c1cccc(NS(=O)(=O)c2ccc(F)cc2)c1. The normalized spacial score (nSPS) is 11.1. The third-order valence-corrected chi connectivity index (χ3v) is 5.92. The first-order chi connectivity index (χ1) is 13.3. The Morgan fingerprint density at radius 3 is 2.32 bits per heavy atom. The van der Waals surface area contributed by atoms with Gasteiger partial charge in [0.2, 0.25) is 0 Å². The maximum atomic E-state index is 13.0. The van der Waals surface area contributed by atoms with Gasteiger partial charge in [-0.15, -0.1) is 0 Å². The summed E-state index contributed by atoms with van der Waals surface area (Å²) in [6, 6.07) is 15.1. The molecule has 2 N–H and O–H groups in total. The van der Waals surface area contributed by atoms with E-state index in [0.29, 0.717) is 10.7 Å². The van der Waals surface area contributed by atoms with Crippen molar-refractivity contribution in [3.63, 3.8) is 0 Å². The molecule has 9 heteroatoms. The van der Waals surface area contributed by atoms with Crippen LogP contribution in [0, 0.1) is 5.82 Å². The number of nitrogens with one attached hydrogen (secondary N) is 2. The number of hydrogen-bond acceptors (Lipinski definition) is 3. The molecule has 0 atom stereocenters. The number of anilines is 2. The van der Waals surface area contributed by atoms with Gasteiger partial charge in [-0.2, -0.15) is 0 Å². The Morgan fingerprint density at radius 2 is 1.61 bits per heavy atom. The van der Waals surface area contributed by atoms with E-state index in [-0.39, 0.29) is 21.2 Å². The van der Waals surface area contributed by atoms with Crippen LogP contribution in [0.1, 0.15) is 10.4 Å². The van der Waals surface area contributed by atoms with Gasteiger partial charge < -0.3 is 5.32 Å². The highest BCUT2D eigenvalue weighted by molar-refractivity contribution is 7.92. The van der Waals surface area contributed by atoms with Crippen molar-refractivity contribution in [3.05, 3.63) is 88.2 Å². The van der Waals surface area contributed by atoms with Crippen molar-refractivity contribution in [2.75, 3.05) is 10.0 Å². The molecule has 3 aromatic carbocycles. The lowest BCUT2D eigenvalue weighted by Gasteiger charge is -2.11. The van der Waals surface area contributed by atoms with Gasteiger partial charge >= 0.3 is 0 Å². The topological polar surface area (TPSA) is 75.3 Å². The first-order valence-corrected chi connectivity index (χ1v) is 10.1. The van der Waals surface area contributed by atoms with Crippen molar-refractivity contribution >= 4 is 50.5 Å². The van der Waals surface area contributed by atoms with Gasteiger partial charge in [-0.3, -0.25) is 9.52 Å². The molecule has 0 aliphatic heterocycles. The maximum Gasteiger partial charge on any atom is 0.261 e. The summed E-state index contributed by atoms with van der Waals surface area (Å²) in [5.74, 6) is -1.04. The van der Waals surface area contributed by atoms with Gasteiger partial charge in [0, 0.05) is 11.3 Å². The number of hydrogen-bond donors (Lipinski definition) is 2. The Morgan fingerprint density at radius 1 is 0.929 bits per heavy atom. The van der Waals surface area contributed by atoms with E-state index in [0.717, 1.165) is 24.3 Å². The number of carbonyl (C=O) groups is 1. The van der Waals surface area contributed by atoms with Crippen LogP contribution < -0.4 is 10.0 Å². The van der Waals surface area contributed by atoms with Gasteiger partial charge in [-0.25, -0.2) is 12.8 Å². The van der Waals surface area contributed by atoms with Crippen molar-refractivity contribution in [3.8, 4) is 0 Å². The molecular weight excluding hydrogens is 426 g/mol. The third-order valence-electron chi connectivity index (χ3n) is 3.70. The Kier molecular flexibility index (Phi) is 5.88. The fraction of sp³-hybridized carbons (Fsp3) is 0. The minimum absolute atomic E-state index is 0.102. The second-order valence-corrected chi connectivity index (χ2v) is 8.16. The van der Waals surface area contributed by atoms with Gasteiger partial charge in [0.15, 0.2) is 0 Å². The van der Waals surface area contributed by atoms with Crippen LogP contribution in [0.15, 0.2) is 71.6 Å². The molecule has 0 fully saturated rings.